The first-order chi connectivity index (χ1) is 15.8. The lowest BCUT2D eigenvalue weighted by molar-refractivity contribution is -0.126. The summed E-state index contributed by atoms with van der Waals surface area (Å²) in [6.45, 7) is 1.63. The van der Waals surface area contributed by atoms with Crippen LogP contribution in [0.15, 0.2) is 58.7 Å². The molecule has 1 fully saturated rings. The molecule has 3 aliphatic carbocycles. The first kappa shape index (κ1) is 21.1. The molecule has 2 N–H and O–H groups in total. The number of benzene rings is 1. The second-order valence-corrected chi connectivity index (χ2v) is 8.92. The maximum atomic E-state index is 13.2. The van der Waals surface area contributed by atoms with Gasteiger partial charge >= 0.3 is 0 Å². The second kappa shape index (κ2) is 7.69. The lowest BCUT2D eigenvalue weighted by Crippen LogP contribution is -2.39. The van der Waals surface area contributed by atoms with Crippen LogP contribution in [0.2, 0.25) is 0 Å². The Morgan fingerprint density at radius 2 is 1.91 bits per heavy atom. The lowest BCUT2D eigenvalue weighted by atomic mass is 9.60. The molecule has 168 valence electrons. The Hall–Kier alpha value is -3.74. The molecule has 0 aromatic heterocycles. The van der Waals surface area contributed by atoms with Crippen molar-refractivity contribution in [1.82, 2.24) is 5.32 Å². The second-order valence-electron chi connectivity index (χ2n) is 8.92. The summed E-state index contributed by atoms with van der Waals surface area (Å²) in [5.41, 5.74) is 2.92. The minimum Gasteiger partial charge on any atom is -0.504 e. The smallest absolute Gasteiger partial charge is 0.231 e. The van der Waals surface area contributed by atoms with E-state index in [1.54, 1.807) is 19.1 Å². The number of methoxy groups -OCH3 is 1. The maximum Gasteiger partial charge on any atom is 0.231 e. The van der Waals surface area contributed by atoms with E-state index in [0.717, 1.165) is 11.1 Å². The number of fused-ring (bicyclic) bond motifs is 3. The molecule has 1 saturated heterocycles. The van der Waals surface area contributed by atoms with Gasteiger partial charge in [0.15, 0.2) is 23.1 Å². The van der Waals surface area contributed by atoms with Gasteiger partial charge in [-0.25, -0.2) is 0 Å². The van der Waals surface area contributed by atoms with Crippen LogP contribution in [0.3, 0.4) is 0 Å². The van der Waals surface area contributed by atoms with Gasteiger partial charge in [0.2, 0.25) is 11.8 Å². The Kier molecular flexibility index (Phi) is 4.92. The van der Waals surface area contributed by atoms with Crippen molar-refractivity contribution in [2.75, 3.05) is 7.11 Å². The van der Waals surface area contributed by atoms with E-state index in [0.29, 0.717) is 28.9 Å². The zero-order valence-electron chi connectivity index (χ0n) is 18.3. The number of carbonyl (C=O) groups is 4. The van der Waals surface area contributed by atoms with Gasteiger partial charge in [0, 0.05) is 22.6 Å². The summed E-state index contributed by atoms with van der Waals surface area (Å²) in [6.07, 6.45) is 7.70. The highest BCUT2D eigenvalue weighted by Crippen LogP contribution is 2.51. The van der Waals surface area contributed by atoms with E-state index in [9.17, 15) is 24.3 Å². The highest BCUT2D eigenvalue weighted by Gasteiger charge is 2.52. The van der Waals surface area contributed by atoms with Crippen molar-refractivity contribution in [2.45, 2.75) is 19.8 Å². The van der Waals surface area contributed by atoms with Crippen LogP contribution in [0.25, 0.3) is 6.08 Å². The molecule has 1 aromatic rings. The predicted octanol–water partition coefficient (Wildman–Crippen LogP) is 2.66. The third-order valence-electron chi connectivity index (χ3n) is 7.14. The van der Waals surface area contributed by atoms with Crippen LogP contribution in [0.1, 0.15) is 25.3 Å². The van der Waals surface area contributed by atoms with Crippen LogP contribution >= 0.6 is 0 Å². The maximum absolute atomic E-state index is 13.2. The van der Waals surface area contributed by atoms with Crippen molar-refractivity contribution >= 4 is 29.5 Å². The van der Waals surface area contributed by atoms with Crippen molar-refractivity contribution < 1.29 is 29.0 Å². The number of ether oxygens (including phenoxy) is 1. The van der Waals surface area contributed by atoms with E-state index < -0.39 is 17.8 Å². The van der Waals surface area contributed by atoms with Crippen LogP contribution in [0.4, 0.5) is 0 Å². The fourth-order valence-electron chi connectivity index (χ4n) is 5.55. The number of ketones is 2. The molecule has 0 bridgehead atoms. The molecule has 0 saturated carbocycles. The minimum absolute atomic E-state index is 0.0177. The monoisotopic (exact) mass is 445 g/mol. The number of hydrogen-bond donors (Lipinski definition) is 2. The molecule has 0 spiro atoms. The molecular weight excluding hydrogens is 422 g/mol. The number of allylic oxidation sites excluding steroid dienone is 7. The molecule has 2 amide bonds. The SMILES string of the molecule is COc1cc(C=C[C@H]2C3=CC[C@@H]4C(=O)NC(=O)[C@@H]4[C@@H]3CC3=C2C(=O)C(C)=CC3=O)ccc1O. The summed E-state index contributed by atoms with van der Waals surface area (Å²) in [4.78, 5) is 51.0. The average molecular weight is 445 g/mol. The summed E-state index contributed by atoms with van der Waals surface area (Å²) in [5.74, 6) is -2.40. The van der Waals surface area contributed by atoms with Crippen LogP contribution in [0, 0.1) is 23.7 Å². The van der Waals surface area contributed by atoms with Gasteiger partial charge in [-0.05, 0) is 49.5 Å². The number of nitrogens with one attached hydrogen (secondary N) is 1. The summed E-state index contributed by atoms with van der Waals surface area (Å²) in [7, 11) is 1.46. The molecule has 33 heavy (non-hydrogen) atoms. The molecule has 4 atom stereocenters. The van der Waals surface area contributed by atoms with Crippen molar-refractivity contribution in [2.24, 2.45) is 23.7 Å². The van der Waals surface area contributed by atoms with Crippen LogP contribution in [-0.2, 0) is 19.2 Å². The Balaban J connectivity index is 1.61. The summed E-state index contributed by atoms with van der Waals surface area (Å²) >= 11 is 0. The van der Waals surface area contributed by atoms with E-state index in [1.165, 1.54) is 19.3 Å². The van der Waals surface area contributed by atoms with Crippen molar-refractivity contribution in [3.8, 4) is 11.5 Å². The molecule has 1 heterocycles. The van der Waals surface area contributed by atoms with Gasteiger partial charge in [0.05, 0.1) is 18.9 Å². The quantitative estimate of drug-likeness (QED) is 0.421. The molecule has 5 rings (SSSR count). The molecule has 7 nitrogen and oxygen atoms in total. The minimum atomic E-state index is -0.536. The van der Waals surface area contributed by atoms with Crippen LogP contribution < -0.4 is 10.1 Å². The average Bonchev–Trinajstić information content (AvgIpc) is 3.09. The number of phenolic OH excluding ortho intramolecular Hbond substituents is 1. The van der Waals surface area contributed by atoms with E-state index in [4.69, 9.17) is 4.74 Å². The van der Waals surface area contributed by atoms with Crippen molar-refractivity contribution in [3.05, 3.63) is 64.3 Å². The largest absolute Gasteiger partial charge is 0.504 e. The van der Waals surface area contributed by atoms with E-state index >= 15 is 0 Å². The summed E-state index contributed by atoms with van der Waals surface area (Å²) in [6, 6.07) is 4.92. The number of amides is 2. The molecular formula is C26H23NO6. The zero-order chi connectivity index (χ0) is 23.4. The normalized spacial score (nSPS) is 28.8. The third kappa shape index (κ3) is 3.26. The lowest BCUT2D eigenvalue weighted by Gasteiger charge is -2.41. The van der Waals surface area contributed by atoms with E-state index in [2.05, 4.69) is 5.32 Å². The third-order valence-corrected chi connectivity index (χ3v) is 7.14. The number of rotatable bonds is 3. The van der Waals surface area contributed by atoms with Gasteiger partial charge in [-0.15, -0.1) is 0 Å². The van der Waals surface area contributed by atoms with Crippen molar-refractivity contribution in [1.29, 1.82) is 0 Å². The Labute approximate surface area is 190 Å². The molecule has 1 aliphatic heterocycles. The summed E-state index contributed by atoms with van der Waals surface area (Å²) in [5, 5.41) is 12.3. The number of Topliss-reactive ketones (excluding diaryl/α,β-unsaturated/α-hetero) is 1. The van der Waals surface area contributed by atoms with Crippen molar-refractivity contribution in [3.63, 3.8) is 0 Å². The molecule has 7 heteroatoms. The van der Waals surface area contributed by atoms with E-state index in [1.807, 2.05) is 18.2 Å². The molecule has 0 unspecified atom stereocenters. The number of carbonyl (C=O) groups excluding carboxylic acids is 4. The van der Waals surface area contributed by atoms with Gasteiger partial charge in [-0.3, -0.25) is 24.5 Å². The number of imide groups is 1. The highest BCUT2D eigenvalue weighted by atomic mass is 16.5. The van der Waals surface area contributed by atoms with Gasteiger partial charge in [0.1, 0.15) is 0 Å². The van der Waals surface area contributed by atoms with Crippen LogP contribution in [0.5, 0.6) is 11.5 Å². The van der Waals surface area contributed by atoms with Gasteiger partial charge < -0.3 is 9.84 Å². The number of aromatic hydroxyl groups is 1. The fraction of sp³-hybridized carbons (Fsp3) is 0.308. The first-order valence-corrected chi connectivity index (χ1v) is 10.9. The summed E-state index contributed by atoms with van der Waals surface area (Å²) < 4.78 is 5.18. The molecule has 0 radical (unpaired) electrons. The Bertz CT molecular complexity index is 1250. The topological polar surface area (TPSA) is 110 Å². The van der Waals surface area contributed by atoms with Gasteiger partial charge in [-0.1, -0.05) is 29.9 Å². The molecule has 4 aliphatic rings. The van der Waals surface area contributed by atoms with Gasteiger partial charge in [0.25, 0.3) is 0 Å². The zero-order valence-corrected chi connectivity index (χ0v) is 18.3. The first-order valence-electron chi connectivity index (χ1n) is 10.9. The standard InChI is InChI=1S/C26H23NO6/c1-12-9-20(29)18-11-17-14(6-7-16-23(17)26(32)27-25(16)31)15(22(18)24(12)30)5-3-13-4-8-19(28)21(10-13)33-2/h3-6,8-10,15-17,23,28H,7,11H2,1-2H3,(H,27,31,32)/t15-,16-,17+,23-/m0/s1. The fourth-order valence-corrected chi connectivity index (χ4v) is 5.55. The number of phenols is 1. The van der Waals surface area contributed by atoms with Crippen LogP contribution in [-0.4, -0.2) is 35.6 Å². The van der Waals surface area contributed by atoms with E-state index in [-0.39, 0.29) is 41.5 Å². The number of hydrogen-bond acceptors (Lipinski definition) is 6. The Morgan fingerprint density at radius 3 is 2.67 bits per heavy atom. The molecule has 1 aromatic carbocycles. The Morgan fingerprint density at radius 1 is 1.12 bits per heavy atom. The van der Waals surface area contributed by atoms with Gasteiger partial charge in [-0.2, -0.15) is 0 Å². The predicted molar refractivity (Wildman–Crippen MR) is 119 cm³/mol. The highest BCUT2D eigenvalue weighted by molar-refractivity contribution is 6.23.